The molecule has 0 amide bonds. The first-order chi connectivity index (χ1) is 14.3. The lowest BCUT2D eigenvalue weighted by molar-refractivity contribution is -0.149. The second-order valence-electron chi connectivity index (χ2n) is 11.1. The maximum atomic E-state index is 12.4. The van der Waals surface area contributed by atoms with E-state index in [1.165, 1.54) is 38.5 Å². The molecule has 3 nitrogen and oxygen atoms in total. The third-order valence-electron chi connectivity index (χ3n) is 10.0. The smallest absolute Gasteiger partial charge is 0.305 e. The van der Waals surface area contributed by atoms with E-state index in [0.717, 1.165) is 30.6 Å². The minimum atomic E-state index is -0.133. The molecule has 0 radical (unpaired) electrons. The molecule has 0 aromatic rings. The van der Waals surface area contributed by atoms with Crippen LogP contribution in [0.2, 0.25) is 0 Å². The van der Waals surface area contributed by atoms with Crippen LogP contribution in [0.5, 0.6) is 0 Å². The number of carbonyl (C=O) groups excluding carboxylic acids is 2. The van der Waals surface area contributed by atoms with Crippen molar-refractivity contribution in [2.24, 2.45) is 46.3 Å². The van der Waals surface area contributed by atoms with E-state index < -0.39 is 0 Å². The molecule has 4 aliphatic rings. The SMILES string of the molecule is CCC(=O)OCCC#C[C@H]1CC[C@H]2[C@@H]3CCC4C(C)C(=O)CC[C@]4(C)[C@H]3CC[C@]12C. The van der Waals surface area contributed by atoms with Crippen LogP contribution in [0.1, 0.15) is 91.9 Å². The van der Waals surface area contributed by atoms with Gasteiger partial charge in [-0.25, -0.2) is 0 Å². The first-order valence-electron chi connectivity index (χ1n) is 12.5. The van der Waals surface area contributed by atoms with Crippen LogP contribution in [-0.4, -0.2) is 18.4 Å². The highest BCUT2D eigenvalue weighted by molar-refractivity contribution is 5.82. The highest BCUT2D eigenvalue weighted by Gasteiger charge is 2.60. The Hall–Kier alpha value is -1.30. The lowest BCUT2D eigenvalue weighted by Crippen LogP contribution is -2.55. The van der Waals surface area contributed by atoms with Crippen LogP contribution in [0.15, 0.2) is 0 Å². The maximum absolute atomic E-state index is 12.4. The van der Waals surface area contributed by atoms with Crippen LogP contribution in [0.3, 0.4) is 0 Å². The normalized spacial score (nSPS) is 44.9. The van der Waals surface area contributed by atoms with Crippen LogP contribution >= 0.6 is 0 Å². The lowest BCUT2D eigenvalue weighted by Gasteiger charge is -2.61. The molecule has 0 spiro atoms. The fraction of sp³-hybridized carbons (Fsp3) is 0.852. The van der Waals surface area contributed by atoms with Crippen molar-refractivity contribution < 1.29 is 14.3 Å². The Bertz CT molecular complexity index is 745. The average Bonchev–Trinajstić information content (AvgIpc) is 3.07. The van der Waals surface area contributed by atoms with E-state index in [9.17, 15) is 9.59 Å². The Balaban J connectivity index is 1.44. The number of carbonyl (C=O) groups is 2. The molecule has 0 aromatic carbocycles. The molecular weight excluding hydrogens is 372 g/mol. The zero-order chi connectivity index (χ0) is 21.5. The molecule has 0 aromatic heterocycles. The molecule has 0 aliphatic heterocycles. The van der Waals surface area contributed by atoms with Crippen molar-refractivity contribution in [1.82, 2.24) is 0 Å². The van der Waals surface area contributed by atoms with Crippen molar-refractivity contribution in [1.29, 1.82) is 0 Å². The van der Waals surface area contributed by atoms with Gasteiger partial charge in [-0.3, -0.25) is 9.59 Å². The summed E-state index contributed by atoms with van der Waals surface area (Å²) in [6.07, 6.45) is 10.7. The monoisotopic (exact) mass is 412 g/mol. The van der Waals surface area contributed by atoms with Gasteiger partial charge in [-0.2, -0.15) is 0 Å². The summed E-state index contributed by atoms with van der Waals surface area (Å²) in [4.78, 5) is 23.7. The van der Waals surface area contributed by atoms with Crippen LogP contribution < -0.4 is 0 Å². The number of ether oxygens (including phenoxy) is 1. The van der Waals surface area contributed by atoms with Gasteiger partial charge in [0.1, 0.15) is 12.4 Å². The fourth-order valence-electron chi connectivity index (χ4n) is 8.27. The zero-order valence-corrected chi connectivity index (χ0v) is 19.5. The molecule has 8 atom stereocenters. The van der Waals surface area contributed by atoms with Gasteiger partial charge in [-0.05, 0) is 79.4 Å². The van der Waals surface area contributed by atoms with Gasteiger partial charge in [0.05, 0.1) is 0 Å². The molecule has 0 heterocycles. The Morgan fingerprint density at radius 1 is 1.03 bits per heavy atom. The van der Waals surface area contributed by atoms with Gasteiger partial charge >= 0.3 is 5.97 Å². The Kier molecular flexibility index (Phi) is 6.08. The first-order valence-corrected chi connectivity index (χ1v) is 12.5. The standard InChI is InChI=1S/C27H40O3/c1-5-25(29)30-17-7-6-8-19-9-11-22-20-10-12-21-18(2)24(28)14-16-27(21,4)23(20)13-15-26(19,22)3/h18-23H,5,7,9-17H2,1-4H3/t18?,19-,20-,21?,22-,23-,26+,27-/m0/s1. The Labute approximate surface area is 183 Å². The summed E-state index contributed by atoms with van der Waals surface area (Å²) in [5.41, 5.74) is 0.706. The molecule has 4 aliphatic carbocycles. The van der Waals surface area contributed by atoms with Gasteiger partial charge in [0.25, 0.3) is 0 Å². The van der Waals surface area contributed by atoms with Crippen molar-refractivity contribution in [3.8, 4) is 11.8 Å². The van der Waals surface area contributed by atoms with Gasteiger partial charge in [0.2, 0.25) is 0 Å². The molecule has 4 fully saturated rings. The summed E-state index contributed by atoms with van der Waals surface area (Å²) in [6, 6.07) is 0. The Morgan fingerprint density at radius 2 is 1.77 bits per heavy atom. The van der Waals surface area contributed by atoms with Gasteiger partial charge in [-0.1, -0.05) is 39.5 Å². The number of hydrogen-bond donors (Lipinski definition) is 0. The van der Waals surface area contributed by atoms with Gasteiger partial charge in [0, 0.05) is 31.1 Å². The molecule has 166 valence electrons. The van der Waals surface area contributed by atoms with Gasteiger partial charge in [-0.15, -0.1) is 0 Å². The third kappa shape index (κ3) is 3.53. The van der Waals surface area contributed by atoms with Crippen LogP contribution in [-0.2, 0) is 14.3 Å². The molecule has 0 saturated heterocycles. The van der Waals surface area contributed by atoms with Gasteiger partial charge < -0.3 is 4.74 Å². The third-order valence-corrected chi connectivity index (χ3v) is 10.0. The molecule has 30 heavy (non-hydrogen) atoms. The van der Waals surface area contributed by atoms with Crippen LogP contribution in [0.25, 0.3) is 0 Å². The van der Waals surface area contributed by atoms with E-state index >= 15 is 0 Å². The minimum Gasteiger partial charge on any atom is -0.465 e. The van der Waals surface area contributed by atoms with E-state index in [4.69, 9.17) is 4.74 Å². The average molecular weight is 413 g/mol. The number of ketones is 1. The molecule has 0 N–H and O–H groups in total. The van der Waals surface area contributed by atoms with E-state index in [1.807, 2.05) is 6.92 Å². The van der Waals surface area contributed by atoms with Crippen molar-refractivity contribution in [3.63, 3.8) is 0 Å². The van der Waals surface area contributed by atoms with Gasteiger partial charge in [0.15, 0.2) is 0 Å². The largest absolute Gasteiger partial charge is 0.465 e. The van der Waals surface area contributed by atoms with Crippen molar-refractivity contribution in [2.45, 2.75) is 91.9 Å². The molecule has 4 saturated carbocycles. The Morgan fingerprint density at radius 3 is 2.53 bits per heavy atom. The van der Waals surface area contributed by atoms with Crippen LogP contribution in [0.4, 0.5) is 0 Å². The molecular formula is C27H40O3. The van der Waals surface area contributed by atoms with Crippen molar-refractivity contribution in [2.75, 3.05) is 6.61 Å². The summed E-state index contributed by atoms with van der Waals surface area (Å²) in [7, 11) is 0. The van der Waals surface area contributed by atoms with Crippen LogP contribution in [0, 0.1) is 58.2 Å². The highest BCUT2D eigenvalue weighted by atomic mass is 16.5. The second kappa shape index (κ2) is 8.33. The number of esters is 1. The number of hydrogen-bond acceptors (Lipinski definition) is 3. The molecule has 4 rings (SSSR count). The van der Waals surface area contributed by atoms with E-state index in [2.05, 4.69) is 32.6 Å². The number of Topliss-reactive ketones (excluding diaryl/α,β-unsaturated/α-hetero) is 1. The quantitative estimate of drug-likeness (QED) is 0.334. The molecule has 3 heteroatoms. The summed E-state index contributed by atoms with van der Waals surface area (Å²) in [5, 5.41) is 0. The van der Waals surface area contributed by atoms with E-state index in [-0.39, 0.29) is 11.9 Å². The fourth-order valence-corrected chi connectivity index (χ4v) is 8.27. The number of fused-ring (bicyclic) bond motifs is 5. The molecule has 2 unspecified atom stereocenters. The topological polar surface area (TPSA) is 43.4 Å². The zero-order valence-electron chi connectivity index (χ0n) is 19.5. The minimum absolute atomic E-state index is 0.133. The highest BCUT2D eigenvalue weighted by Crippen LogP contribution is 2.67. The van der Waals surface area contributed by atoms with E-state index in [1.54, 1.807) is 0 Å². The van der Waals surface area contributed by atoms with E-state index in [0.29, 0.717) is 47.9 Å². The summed E-state index contributed by atoms with van der Waals surface area (Å²) in [5.74, 6) is 11.1. The maximum Gasteiger partial charge on any atom is 0.305 e. The summed E-state index contributed by atoms with van der Waals surface area (Å²) in [6.45, 7) is 9.50. The lowest BCUT2D eigenvalue weighted by atomic mass is 9.43. The second-order valence-corrected chi connectivity index (χ2v) is 11.1. The summed E-state index contributed by atoms with van der Waals surface area (Å²) < 4.78 is 5.17. The predicted octanol–water partition coefficient (Wildman–Crippen LogP) is 5.81. The summed E-state index contributed by atoms with van der Waals surface area (Å²) >= 11 is 0. The van der Waals surface area contributed by atoms with Crippen molar-refractivity contribution in [3.05, 3.63) is 0 Å². The van der Waals surface area contributed by atoms with Crippen molar-refractivity contribution >= 4 is 11.8 Å². The molecule has 0 bridgehead atoms. The predicted molar refractivity (Wildman–Crippen MR) is 118 cm³/mol. The number of rotatable bonds is 3. The first kappa shape index (κ1) is 21.9.